The third-order valence-electron chi connectivity index (χ3n) is 4.08. The molecule has 0 aromatic carbocycles. The molecule has 7 heteroatoms. The second kappa shape index (κ2) is 7.17. The first-order chi connectivity index (χ1) is 9.60. The van der Waals surface area contributed by atoms with Crippen LogP contribution in [0, 0.1) is 0 Å². The lowest BCUT2D eigenvalue weighted by molar-refractivity contribution is -0.138. The number of urea groups is 1. The Morgan fingerprint density at radius 3 is 2.55 bits per heavy atom. The number of amides is 2. The second-order valence-electron chi connectivity index (χ2n) is 5.42. The van der Waals surface area contributed by atoms with E-state index in [-0.39, 0.29) is 18.6 Å². The fourth-order valence-corrected chi connectivity index (χ4v) is 3.86. The molecule has 1 aliphatic carbocycles. The van der Waals surface area contributed by atoms with Gasteiger partial charge in [0.05, 0.1) is 6.54 Å². The number of carbonyl (C=O) groups excluding carboxylic acids is 1. The number of piperazine rings is 1. The van der Waals surface area contributed by atoms with Gasteiger partial charge >= 0.3 is 12.0 Å². The summed E-state index contributed by atoms with van der Waals surface area (Å²) in [5.74, 6) is -0.809. The maximum absolute atomic E-state index is 12.2. The molecule has 2 atom stereocenters. The highest BCUT2D eigenvalue weighted by Crippen LogP contribution is 2.28. The Bertz CT molecular complexity index is 359. The number of carboxylic acids is 1. The first-order valence-corrected chi connectivity index (χ1v) is 8.41. The van der Waals surface area contributed by atoms with Crippen molar-refractivity contribution in [1.82, 2.24) is 15.1 Å². The van der Waals surface area contributed by atoms with Gasteiger partial charge in [-0.15, -0.1) is 0 Å². The lowest BCUT2D eigenvalue weighted by Gasteiger charge is -2.34. The molecule has 1 saturated heterocycles. The maximum Gasteiger partial charge on any atom is 0.317 e. The van der Waals surface area contributed by atoms with Crippen LogP contribution in [0.25, 0.3) is 0 Å². The van der Waals surface area contributed by atoms with E-state index in [9.17, 15) is 9.59 Å². The predicted octanol–water partition coefficient (Wildman–Crippen LogP) is 0.682. The number of thioether (sulfide) groups is 1. The fourth-order valence-electron chi connectivity index (χ4n) is 2.92. The van der Waals surface area contributed by atoms with Gasteiger partial charge in [-0.05, 0) is 19.1 Å². The van der Waals surface area contributed by atoms with E-state index < -0.39 is 5.97 Å². The molecule has 2 unspecified atom stereocenters. The molecular weight excluding hydrogens is 278 g/mol. The summed E-state index contributed by atoms with van der Waals surface area (Å²) in [4.78, 5) is 26.5. The Morgan fingerprint density at radius 2 is 1.95 bits per heavy atom. The summed E-state index contributed by atoms with van der Waals surface area (Å²) in [6, 6.07) is 0.292. The Hall–Kier alpha value is -0.950. The number of nitrogens with zero attached hydrogens (tertiary/aromatic N) is 2. The SMILES string of the molecule is CSC1CCCC1NC(=O)N1CCN(CC(=O)O)CC1. The lowest BCUT2D eigenvalue weighted by Crippen LogP contribution is -2.54. The quantitative estimate of drug-likeness (QED) is 0.799. The highest BCUT2D eigenvalue weighted by molar-refractivity contribution is 7.99. The summed E-state index contributed by atoms with van der Waals surface area (Å²) in [6.07, 6.45) is 5.53. The van der Waals surface area contributed by atoms with Crippen LogP contribution >= 0.6 is 11.8 Å². The fraction of sp³-hybridized carbons (Fsp3) is 0.846. The van der Waals surface area contributed by atoms with Crippen LogP contribution < -0.4 is 5.32 Å². The molecule has 2 N–H and O–H groups in total. The number of carboxylic acid groups (broad SMARTS) is 1. The summed E-state index contributed by atoms with van der Waals surface area (Å²) < 4.78 is 0. The predicted molar refractivity (Wildman–Crippen MR) is 79.1 cm³/mol. The van der Waals surface area contributed by atoms with Crippen LogP contribution in [0.4, 0.5) is 4.79 Å². The van der Waals surface area contributed by atoms with E-state index in [1.54, 1.807) is 4.90 Å². The zero-order valence-corrected chi connectivity index (χ0v) is 12.7. The molecule has 2 amide bonds. The van der Waals surface area contributed by atoms with Gasteiger partial charge in [0, 0.05) is 37.5 Å². The van der Waals surface area contributed by atoms with Crippen molar-refractivity contribution >= 4 is 23.8 Å². The highest BCUT2D eigenvalue weighted by Gasteiger charge is 2.30. The van der Waals surface area contributed by atoms with Gasteiger partial charge < -0.3 is 15.3 Å². The molecule has 0 bridgehead atoms. The van der Waals surface area contributed by atoms with Crippen LogP contribution in [0.15, 0.2) is 0 Å². The molecular formula is C13H23N3O3S. The van der Waals surface area contributed by atoms with E-state index in [0.29, 0.717) is 31.4 Å². The third-order valence-corrected chi connectivity index (χ3v) is 5.25. The molecule has 2 aliphatic rings. The van der Waals surface area contributed by atoms with Crippen LogP contribution in [0.1, 0.15) is 19.3 Å². The van der Waals surface area contributed by atoms with Gasteiger partial charge in [-0.3, -0.25) is 9.69 Å². The summed E-state index contributed by atoms with van der Waals surface area (Å²) in [7, 11) is 0. The summed E-state index contributed by atoms with van der Waals surface area (Å²) in [5, 5.41) is 12.4. The van der Waals surface area contributed by atoms with Crippen molar-refractivity contribution in [3.63, 3.8) is 0 Å². The van der Waals surface area contributed by atoms with Gasteiger partial charge in [-0.2, -0.15) is 11.8 Å². The highest BCUT2D eigenvalue weighted by atomic mass is 32.2. The summed E-state index contributed by atoms with van der Waals surface area (Å²) >= 11 is 1.83. The van der Waals surface area contributed by atoms with Crippen molar-refractivity contribution in [2.75, 3.05) is 39.0 Å². The number of carbonyl (C=O) groups is 2. The third kappa shape index (κ3) is 4.02. The van der Waals surface area contributed by atoms with E-state index in [0.717, 1.165) is 6.42 Å². The van der Waals surface area contributed by atoms with E-state index in [1.165, 1.54) is 12.8 Å². The molecule has 0 spiro atoms. The number of hydrogen-bond acceptors (Lipinski definition) is 4. The molecule has 1 saturated carbocycles. The average Bonchev–Trinajstić information content (AvgIpc) is 2.86. The van der Waals surface area contributed by atoms with Crippen LogP contribution in [0.2, 0.25) is 0 Å². The average molecular weight is 301 g/mol. The first kappa shape index (κ1) is 15.4. The van der Waals surface area contributed by atoms with Crippen molar-refractivity contribution < 1.29 is 14.7 Å². The minimum atomic E-state index is -0.809. The molecule has 2 rings (SSSR count). The van der Waals surface area contributed by atoms with Gasteiger partial charge in [0.25, 0.3) is 0 Å². The monoisotopic (exact) mass is 301 g/mol. The second-order valence-corrected chi connectivity index (χ2v) is 6.49. The minimum absolute atomic E-state index is 0.00549. The molecule has 114 valence electrons. The molecule has 0 aromatic heterocycles. The van der Waals surface area contributed by atoms with E-state index >= 15 is 0 Å². The van der Waals surface area contributed by atoms with Crippen molar-refractivity contribution in [3.05, 3.63) is 0 Å². The molecule has 6 nitrogen and oxygen atoms in total. The minimum Gasteiger partial charge on any atom is -0.480 e. The topological polar surface area (TPSA) is 72.9 Å². The van der Waals surface area contributed by atoms with Crippen molar-refractivity contribution in [2.45, 2.75) is 30.6 Å². The number of hydrogen-bond donors (Lipinski definition) is 2. The number of aliphatic carboxylic acids is 1. The zero-order chi connectivity index (χ0) is 14.5. The van der Waals surface area contributed by atoms with Crippen molar-refractivity contribution in [2.24, 2.45) is 0 Å². The standard InChI is InChI=1S/C13H23N3O3S/c1-20-11-4-2-3-10(11)14-13(19)16-7-5-15(6-8-16)9-12(17)18/h10-11H,2-9H2,1H3,(H,14,19)(H,17,18). The van der Waals surface area contributed by atoms with Crippen LogP contribution in [-0.4, -0.2) is 77.2 Å². The molecule has 1 aliphatic heterocycles. The Labute approximate surface area is 123 Å². The van der Waals surface area contributed by atoms with Crippen molar-refractivity contribution in [3.8, 4) is 0 Å². The van der Waals surface area contributed by atoms with E-state index in [1.807, 2.05) is 16.7 Å². The zero-order valence-electron chi connectivity index (χ0n) is 11.9. The van der Waals surface area contributed by atoms with Crippen molar-refractivity contribution in [1.29, 1.82) is 0 Å². The first-order valence-electron chi connectivity index (χ1n) is 7.12. The molecule has 0 aromatic rings. The molecule has 20 heavy (non-hydrogen) atoms. The maximum atomic E-state index is 12.2. The van der Waals surface area contributed by atoms with E-state index in [4.69, 9.17) is 5.11 Å². The van der Waals surface area contributed by atoms with Gasteiger partial charge in [-0.1, -0.05) is 6.42 Å². The van der Waals surface area contributed by atoms with Gasteiger partial charge in [0.15, 0.2) is 0 Å². The van der Waals surface area contributed by atoms with Gasteiger partial charge in [0.2, 0.25) is 0 Å². The van der Waals surface area contributed by atoms with Crippen LogP contribution in [-0.2, 0) is 4.79 Å². The lowest BCUT2D eigenvalue weighted by atomic mass is 10.2. The summed E-state index contributed by atoms with van der Waals surface area (Å²) in [6.45, 7) is 2.55. The normalized spacial score (nSPS) is 27.6. The Kier molecular flexibility index (Phi) is 5.54. The largest absolute Gasteiger partial charge is 0.480 e. The number of rotatable bonds is 4. The Balaban J connectivity index is 1.75. The Morgan fingerprint density at radius 1 is 1.25 bits per heavy atom. The van der Waals surface area contributed by atoms with Crippen LogP contribution in [0.5, 0.6) is 0 Å². The van der Waals surface area contributed by atoms with E-state index in [2.05, 4.69) is 11.6 Å². The molecule has 1 heterocycles. The van der Waals surface area contributed by atoms with Gasteiger partial charge in [0.1, 0.15) is 0 Å². The van der Waals surface area contributed by atoms with Gasteiger partial charge in [-0.25, -0.2) is 4.79 Å². The summed E-state index contributed by atoms with van der Waals surface area (Å²) in [5.41, 5.74) is 0. The molecule has 0 radical (unpaired) electrons. The smallest absolute Gasteiger partial charge is 0.317 e. The van der Waals surface area contributed by atoms with Crippen LogP contribution in [0.3, 0.4) is 0 Å². The number of nitrogens with one attached hydrogen (secondary N) is 1. The molecule has 2 fully saturated rings.